The number of aromatic nitrogens is 2. The summed E-state index contributed by atoms with van der Waals surface area (Å²) in [4.78, 5) is 13.5. The number of nitrogens with one attached hydrogen (secondary N) is 2. The van der Waals surface area contributed by atoms with E-state index in [1.165, 1.54) is 12.1 Å². The number of carbonyl (C=O) groups excluding carboxylic acids is 1. The number of benzene rings is 1. The van der Waals surface area contributed by atoms with Crippen LogP contribution >= 0.6 is 11.3 Å². The number of aliphatic hydroxyl groups excluding tert-OH is 1. The van der Waals surface area contributed by atoms with Gasteiger partial charge in [0.1, 0.15) is 5.82 Å². The van der Waals surface area contributed by atoms with Crippen LogP contribution in [0.15, 0.2) is 29.6 Å². The van der Waals surface area contributed by atoms with E-state index in [0.717, 1.165) is 4.88 Å². The van der Waals surface area contributed by atoms with Crippen LogP contribution in [0.5, 0.6) is 0 Å². The van der Waals surface area contributed by atoms with Crippen molar-refractivity contribution in [2.24, 2.45) is 5.92 Å². The minimum absolute atomic E-state index is 0.0361. The summed E-state index contributed by atoms with van der Waals surface area (Å²) in [5.41, 5.74) is 1.08. The molecule has 136 valence electrons. The zero-order chi connectivity index (χ0) is 18.7. The van der Waals surface area contributed by atoms with E-state index >= 15 is 0 Å². The number of nitrogens with zero attached hydrogens (tertiary/aromatic N) is 1. The van der Waals surface area contributed by atoms with Crippen LogP contribution in [0.25, 0.3) is 23.1 Å². The number of rotatable bonds is 6. The van der Waals surface area contributed by atoms with E-state index in [2.05, 4.69) is 15.5 Å². The molecule has 0 fully saturated rings. The highest BCUT2D eigenvalue weighted by atomic mass is 32.1. The second-order valence-corrected chi connectivity index (χ2v) is 7.32. The Morgan fingerprint density at radius 2 is 2.23 bits per heavy atom. The van der Waals surface area contributed by atoms with Gasteiger partial charge in [-0.05, 0) is 35.6 Å². The molecule has 3 aromatic rings. The van der Waals surface area contributed by atoms with E-state index in [1.54, 1.807) is 11.3 Å². The highest BCUT2D eigenvalue weighted by Crippen LogP contribution is 2.23. The lowest BCUT2D eigenvalue weighted by Crippen LogP contribution is -2.41. The van der Waals surface area contributed by atoms with Crippen molar-refractivity contribution < 1.29 is 14.3 Å². The first-order chi connectivity index (χ1) is 12.5. The lowest BCUT2D eigenvalue weighted by atomic mass is 10.0. The summed E-state index contributed by atoms with van der Waals surface area (Å²) in [6.45, 7) is 3.56. The SMILES string of the molecule is CC(C)[C@@H](CO)NC(=O)c1cc2c(C=Cc3cccs3)n[nH]c2cc1F. The van der Waals surface area contributed by atoms with E-state index < -0.39 is 17.8 Å². The lowest BCUT2D eigenvalue weighted by molar-refractivity contribution is 0.0893. The zero-order valence-corrected chi connectivity index (χ0v) is 15.3. The molecule has 0 aliphatic rings. The first kappa shape index (κ1) is 18.3. The first-order valence-corrected chi connectivity index (χ1v) is 9.18. The Bertz CT molecular complexity index is 932. The second kappa shape index (κ2) is 7.80. The summed E-state index contributed by atoms with van der Waals surface area (Å²) >= 11 is 1.60. The molecule has 0 radical (unpaired) electrons. The van der Waals surface area contributed by atoms with Crippen LogP contribution in [0.1, 0.15) is 34.8 Å². The maximum Gasteiger partial charge on any atom is 0.254 e. The van der Waals surface area contributed by atoms with Crippen molar-refractivity contribution in [2.75, 3.05) is 6.61 Å². The fourth-order valence-corrected chi connectivity index (χ4v) is 3.19. The molecule has 2 heterocycles. The number of fused-ring (bicyclic) bond motifs is 1. The number of carbonyl (C=O) groups is 1. The predicted octanol–water partition coefficient (Wildman–Crippen LogP) is 3.68. The molecule has 1 amide bonds. The molecule has 0 aliphatic heterocycles. The van der Waals surface area contributed by atoms with Gasteiger partial charge in [0.25, 0.3) is 5.91 Å². The predicted molar refractivity (Wildman–Crippen MR) is 102 cm³/mol. The van der Waals surface area contributed by atoms with Crippen molar-refractivity contribution >= 4 is 40.3 Å². The average Bonchev–Trinajstić information content (AvgIpc) is 3.25. The summed E-state index contributed by atoms with van der Waals surface area (Å²) in [5.74, 6) is -1.15. The quantitative estimate of drug-likeness (QED) is 0.617. The van der Waals surface area contributed by atoms with E-state index in [-0.39, 0.29) is 18.1 Å². The molecule has 7 heteroatoms. The molecule has 3 rings (SSSR count). The highest BCUT2D eigenvalue weighted by molar-refractivity contribution is 7.10. The second-order valence-electron chi connectivity index (χ2n) is 6.34. The van der Waals surface area contributed by atoms with Gasteiger partial charge in [0, 0.05) is 16.3 Å². The van der Waals surface area contributed by atoms with Crippen molar-refractivity contribution in [3.05, 3.63) is 51.6 Å². The maximum absolute atomic E-state index is 14.4. The molecular formula is C19H20FN3O2S. The number of thiophene rings is 1. The van der Waals surface area contributed by atoms with Gasteiger partial charge in [-0.25, -0.2) is 4.39 Å². The van der Waals surface area contributed by atoms with Crippen LogP contribution in [0.3, 0.4) is 0 Å². The minimum Gasteiger partial charge on any atom is -0.394 e. The van der Waals surface area contributed by atoms with Crippen molar-refractivity contribution in [1.82, 2.24) is 15.5 Å². The Hall–Kier alpha value is -2.51. The fraction of sp³-hybridized carbons (Fsp3) is 0.263. The van der Waals surface area contributed by atoms with Crippen molar-refractivity contribution in [1.29, 1.82) is 0 Å². The number of hydrogen-bond donors (Lipinski definition) is 3. The largest absolute Gasteiger partial charge is 0.394 e. The summed E-state index contributed by atoms with van der Waals surface area (Å²) in [6, 6.07) is 6.27. The van der Waals surface area contributed by atoms with Gasteiger partial charge in [0.15, 0.2) is 0 Å². The molecule has 0 saturated heterocycles. The van der Waals surface area contributed by atoms with Gasteiger partial charge in [0.05, 0.1) is 29.4 Å². The normalized spacial score (nSPS) is 13.0. The van der Waals surface area contributed by atoms with Gasteiger partial charge in [-0.15, -0.1) is 11.3 Å². The number of halogens is 1. The maximum atomic E-state index is 14.4. The summed E-state index contributed by atoms with van der Waals surface area (Å²) in [7, 11) is 0. The van der Waals surface area contributed by atoms with Crippen LogP contribution in [0, 0.1) is 11.7 Å². The van der Waals surface area contributed by atoms with E-state index in [9.17, 15) is 14.3 Å². The minimum atomic E-state index is -0.632. The Kier molecular flexibility index (Phi) is 5.49. The Morgan fingerprint density at radius 1 is 1.42 bits per heavy atom. The molecular weight excluding hydrogens is 353 g/mol. The Labute approximate surface area is 154 Å². The topological polar surface area (TPSA) is 78.0 Å². The molecule has 0 aliphatic carbocycles. The van der Waals surface area contributed by atoms with Gasteiger partial charge in [0.2, 0.25) is 0 Å². The number of aliphatic hydroxyl groups is 1. The standard InChI is InChI=1S/C19H20FN3O2S/c1-11(2)18(10-24)21-19(25)13-8-14-16(6-5-12-4-3-7-26-12)22-23-17(14)9-15(13)20/h3-9,11,18,24H,10H2,1-2H3,(H,21,25)(H,22,23)/t18-/m1/s1. The smallest absolute Gasteiger partial charge is 0.254 e. The van der Waals surface area contributed by atoms with Gasteiger partial charge < -0.3 is 10.4 Å². The Morgan fingerprint density at radius 3 is 2.88 bits per heavy atom. The number of H-pyrrole nitrogens is 1. The van der Waals surface area contributed by atoms with Gasteiger partial charge in [-0.3, -0.25) is 9.89 Å². The van der Waals surface area contributed by atoms with E-state index in [1.807, 2.05) is 43.5 Å². The molecule has 0 spiro atoms. The highest BCUT2D eigenvalue weighted by Gasteiger charge is 2.20. The summed E-state index contributed by atoms with van der Waals surface area (Å²) in [5, 5.41) is 21.7. The number of hydrogen-bond acceptors (Lipinski definition) is 4. The fourth-order valence-electron chi connectivity index (χ4n) is 2.58. The summed E-state index contributed by atoms with van der Waals surface area (Å²) in [6.07, 6.45) is 3.75. The molecule has 3 N–H and O–H groups in total. The number of amides is 1. The third-order valence-corrected chi connectivity index (χ3v) is 5.03. The van der Waals surface area contributed by atoms with Crippen molar-refractivity contribution in [3.8, 4) is 0 Å². The van der Waals surface area contributed by atoms with Crippen LogP contribution in [0.4, 0.5) is 4.39 Å². The molecule has 26 heavy (non-hydrogen) atoms. The van der Waals surface area contributed by atoms with Gasteiger partial charge in [-0.1, -0.05) is 19.9 Å². The van der Waals surface area contributed by atoms with E-state index in [4.69, 9.17) is 0 Å². The van der Waals surface area contributed by atoms with Crippen LogP contribution < -0.4 is 5.32 Å². The molecule has 1 atom stereocenters. The molecule has 0 saturated carbocycles. The molecule has 2 aromatic heterocycles. The van der Waals surface area contributed by atoms with E-state index in [0.29, 0.717) is 16.6 Å². The average molecular weight is 373 g/mol. The van der Waals surface area contributed by atoms with Gasteiger partial charge in [-0.2, -0.15) is 5.10 Å². The van der Waals surface area contributed by atoms with Crippen LogP contribution in [-0.4, -0.2) is 33.9 Å². The molecule has 0 unspecified atom stereocenters. The van der Waals surface area contributed by atoms with Crippen LogP contribution in [-0.2, 0) is 0 Å². The lowest BCUT2D eigenvalue weighted by Gasteiger charge is -2.20. The summed E-state index contributed by atoms with van der Waals surface area (Å²) < 4.78 is 14.4. The molecule has 0 bridgehead atoms. The number of aromatic amines is 1. The molecule has 5 nitrogen and oxygen atoms in total. The third kappa shape index (κ3) is 3.84. The van der Waals surface area contributed by atoms with Crippen molar-refractivity contribution in [3.63, 3.8) is 0 Å². The monoisotopic (exact) mass is 373 g/mol. The Balaban J connectivity index is 1.92. The zero-order valence-electron chi connectivity index (χ0n) is 14.5. The van der Waals surface area contributed by atoms with Gasteiger partial charge >= 0.3 is 0 Å². The third-order valence-electron chi connectivity index (χ3n) is 4.19. The van der Waals surface area contributed by atoms with Crippen LogP contribution in [0.2, 0.25) is 0 Å². The van der Waals surface area contributed by atoms with Crippen molar-refractivity contribution in [2.45, 2.75) is 19.9 Å². The first-order valence-electron chi connectivity index (χ1n) is 8.30. The molecule has 1 aromatic carbocycles.